The first kappa shape index (κ1) is 14.0. The fourth-order valence-electron chi connectivity index (χ4n) is 0.964. The maximum absolute atomic E-state index is 11.9. The number of methoxy groups -OCH3 is 1. The lowest BCUT2D eigenvalue weighted by atomic mass is 10.2. The van der Waals surface area contributed by atoms with Gasteiger partial charge in [0.05, 0.1) is 7.11 Å². The summed E-state index contributed by atoms with van der Waals surface area (Å²) in [5, 5.41) is 0. The first-order valence-electron chi connectivity index (χ1n) is 4.82. The van der Waals surface area contributed by atoms with Crippen LogP contribution in [0.2, 0.25) is 0 Å². The number of hydrogen-bond donors (Lipinski definition) is 0. The molecule has 18 heavy (non-hydrogen) atoms. The molecule has 0 bridgehead atoms. The second-order valence-electron chi connectivity index (χ2n) is 3.19. The molecular formula is C11H10F3NO3. The van der Waals surface area contributed by atoms with E-state index in [2.05, 4.69) is 14.5 Å². The summed E-state index contributed by atoms with van der Waals surface area (Å²) in [6, 6.07) is 2.75. The van der Waals surface area contributed by atoms with Crippen LogP contribution in [-0.4, -0.2) is 30.8 Å². The van der Waals surface area contributed by atoms with Gasteiger partial charge in [0.1, 0.15) is 0 Å². The van der Waals surface area contributed by atoms with Crippen molar-refractivity contribution in [2.75, 3.05) is 13.7 Å². The number of aromatic nitrogens is 1. The molecule has 7 heteroatoms. The van der Waals surface area contributed by atoms with Gasteiger partial charge in [0.2, 0.25) is 5.88 Å². The first-order valence-corrected chi connectivity index (χ1v) is 4.82. The van der Waals surface area contributed by atoms with Gasteiger partial charge in [-0.1, -0.05) is 0 Å². The molecular weight excluding hydrogens is 251 g/mol. The average Bonchev–Trinajstić information content (AvgIpc) is 2.33. The van der Waals surface area contributed by atoms with Gasteiger partial charge in [-0.3, -0.25) is 0 Å². The Labute approximate surface area is 101 Å². The van der Waals surface area contributed by atoms with Crippen LogP contribution in [0.5, 0.6) is 5.88 Å². The van der Waals surface area contributed by atoms with Gasteiger partial charge in [-0.15, -0.1) is 0 Å². The normalized spacial score (nSPS) is 11.6. The number of hydrogen-bond acceptors (Lipinski definition) is 4. The molecule has 0 spiro atoms. The van der Waals surface area contributed by atoms with Gasteiger partial charge in [-0.05, 0) is 17.7 Å². The fourth-order valence-corrected chi connectivity index (χ4v) is 0.964. The lowest BCUT2D eigenvalue weighted by molar-refractivity contribution is -0.154. The van der Waals surface area contributed by atoms with Crippen molar-refractivity contribution in [2.24, 2.45) is 0 Å². The minimum absolute atomic E-state index is 0.137. The molecule has 0 aliphatic rings. The van der Waals surface area contributed by atoms with Crippen molar-refractivity contribution in [3.05, 3.63) is 30.0 Å². The zero-order chi connectivity index (χ0) is 13.6. The summed E-state index contributed by atoms with van der Waals surface area (Å²) in [4.78, 5) is 14.4. The third kappa shape index (κ3) is 5.33. The predicted octanol–water partition coefficient (Wildman–Crippen LogP) is 2.21. The van der Waals surface area contributed by atoms with Gasteiger partial charge < -0.3 is 9.47 Å². The molecule has 1 aromatic heterocycles. The highest BCUT2D eigenvalue weighted by Crippen LogP contribution is 2.17. The van der Waals surface area contributed by atoms with Crippen LogP contribution in [0, 0.1) is 0 Å². The van der Waals surface area contributed by atoms with E-state index in [0.29, 0.717) is 5.56 Å². The molecule has 0 amide bonds. The van der Waals surface area contributed by atoms with Crippen molar-refractivity contribution in [3.8, 4) is 5.88 Å². The lowest BCUT2D eigenvalue weighted by Gasteiger charge is -2.07. The number of carbonyl (C=O) groups is 1. The zero-order valence-electron chi connectivity index (χ0n) is 9.40. The van der Waals surface area contributed by atoms with Gasteiger partial charge in [-0.25, -0.2) is 9.78 Å². The summed E-state index contributed by atoms with van der Waals surface area (Å²) in [5.74, 6) is -0.671. The van der Waals surface area contributed by atoms with Crippen LogP contribution < -0.4 is 4.74 Å². The molecule has 0 saturated heterocycles. The van der Waals surface area contributed by atoms with E-state index in [1.165, 1.54) is 37.6 Å². The third-order valence-electron chi connectivity index (χ3n) is 1.76. The Balaban J connectivity index is 2.58. The number of ether oxygens (including phenoxy) is 2. The molecule has 4 nitrogen and oxygen atoms in total. The lowest BCUT2D eigenvalue weighted by Crippen LogP contribution is -2.19. The van der Waals surface area contributed by atoms with Crippen LogP contribution in [0.1, 0.15) is 5.56 Å². The van der Waals surface area contributed by atoms with E-state index < -0.39 is 18.8 Å². The molecule has 1 heterocycles. The topological polar surface area (TPSA) is 48.4 Å². The van der Waals surface area contributed by atoms with Crippen LogP contribution in [-0.2, 0) is 9.53 Å². The Morgan fingerprint density at radius 3 is 2.67 bits per heavy atom. The SMILES string of the molecule is COC(=O)C=Cc1ccc(OCC(F)(F)F)nc1. The molecule has 0 radical (unpaired) electrons. The number of rotatable bonds is 4. The fraction of sp³-hybridized carbons (Fsp3) is 0.273. The maximum Gasteiger partial charge on any atom is 0.422 e. The monoisotopic (exact) mass is 261 g/mol. The Kier molecular flexibility index (Phi) is 4.70. The average molecular weight is 261 g/mol. The van der Waals surface area contributed by atoms with Crippen molar-refractivity contribution >= 4 is 12.0 Å². The van der Waals surface area contributed by atoms with Gasteiger partial charge in [-0.2, -0.15) is 13.2 Å². The van der Waals surface area contributed by atoms with Crippen LogP contribution in [0.15, 0.2) is 24.4 Å². The summed E-state index contributed by atoms with van der Waals surface area (Å²) in [6.07, 6.45) is -0.518. The first-order chi connectivity index (χ1) is 8.40. The Morgan fingerprint density at radius 2 is 2.17 bits per heavy atom. The van der Waals surface area contributed by atoms with Crippen molar-refractivity contribution in [2.45, 2.75) is 6.18 Å². The van der Waals surface area contributed by atoms with E-state index in [0.717, 1.165) is 0 Å². The summed E-state index contributed by atoms with van der Waals surface area (Å²) >= 11 is 0. The molecule has 98 valence electrons. The minimum Gasteiger partial charge on any atom is -0.468 e. The third-order valence-corrected chi connectivity index (χ3v) is 1.76. The smallest absolute Gasteiger partial charge is 0.422 e. The number of carbonyl (C=O) groups excluding carboxylic acids is 1. The van der Waals surface area contributed by atoms with Crippen LogP contribution in [0.25, 0.3) is 6.08 Å². The highest BCUT2D eigenvalue weighted by Gasteiger charge is 2.28. The number of esters is 1. The molecule has 0 aromatic carbocycles. The van der Waals surface area contributed by atoms with Gasteiger partial charge >= 0.3 is 12.1 Å². The van der Waals surface area contributed by atoms with E-state index in [9.17, 15) is 18.0 Å². The van der Waals surface area contributed by atoms with Gasteiger partial charge in [0, 0.05) is 18.3 Å². The largest absolute Gasteiger partial charge is 0.468 e. The predicted molar refractivity (Wildman–Crippen MR) is 56.8 cm³/mol. The van der Waals surface area contributed by atoms with E-state index in [4.69, 9.17) is 0 Å². The van der Waals surface area contributed by atoms with Gasteiger partial charge in [0.25, 0.3) is 0 Å². The Hall–Kier alpha value is -2.05. The highest BCUT2D eigenvalue weighted by molar-refractivity contribution is 5.86. The van der Waals surface area contributed by atoms with E-state index in [1.54, 1.807) is 0 Å². The molecule has 0 aliphatic heterocycles. The van der Waals surface area contributed by atoms with Crippen molar-refractivity contribution in [1.29, 1.82) is 0 Å². The number of alkyl halides is 3. The van der Waals surface area contributed by atoms with Crippen LogP contribution in [0.4, 0.5) is 13.2 Å². The molecule has 0 unspecified atom stereocenters. The number of halogens is 3. The molecule has 1 rings (SSSR count). The summed E-state index contributed by atoms with van der Waals surface area (Å²) in [7, 11) is 1.24. The van der Waals surface area contributed by atoms with Crippen LogP contribution in [0.3, 0.4) is 0 Å². The molecule has 0 atom stereocenters. The Morgan fingerprint density at radius 1 is 1.44 bits per heavy atom. The van der Waals surface area contributed by atoms with Crippen LogP contribution >= 0.6 is 0 Å². The van der Waals surface area contributed by atoms with Crippen molar-refractivity contribution in [1.82, 2.24) is 4.98 Å². The van der Waals surface area contributed by atoms with E-state index in [-0.39, 0.29) is 5.88 Å². The minimum atomic E-state index is -4.40. The maximum atomic E-state index is 11.9. The van der Waals surface area contributed by atoms with Crippen molar-refractivity contribution in [3.63, 3.8) is 0 Å². The molecule has 0 saturated carbocycles. The second-order valence-corrected chi connectivity index (χ2v) is 3.19. The molecule has 0 fully saturated rings. The van der Waals surface area contributed by atoms with E-state index in [1.807, 2.05) is 0 Å². The standard InChI is InChI=1S/C11H10F3NO3/c1-17-10(16)5-3-8-2-4-9(15-6-8)18-7-11(12,13)14/h2-6H,7H2,1H3. The summed E-state index contributed by atoms with van der Waals surface area (Å²) in [5.41, 5.74) is 0.541. The highest BCUT2D eigenvalue weighted by atomic mass is 19.4. The number of nitrogens with zero attached hydrogens (tertiary/aromatic N) is 1. The quantitative estimate of drug-likeness (QED) is 0.616. The van der Waals surface area contributed by atoms with Gasteiger partial charge in [0.15, 0.2) is 6.61 Å². The molecule has 0 N–H and O–H groups in total. The molecule has 1 aromatic rings. The molecule has 0 aliphatic carbocycles. The van der Waals surface area contributed by atoms with Crippen molar-refractivity contribution < 1.29 is 27.4 Å². The zero-order valence-corrected chi connectivity index (χ0v) is 9.40. The number of pyridine rings is 1. The summed E-state index contributed by atoms with van der Waals surface area (Å²) < 4.78 is 44.4. The van der Waals surface area contributed by atoms with E-state index >= 15 is 0 Å². The second kappa shape index (κ2) is 6.04. The Bertz CT molecular complexity index is 426. The summed E-state index contributed by atoms with van der Waals surface area (Å²) in [6.45, 7) is -1.39.